The van der Waals surface area contributed by atoms with Gasteiger partial charge in [0, 0.05) is 39.3 Å². The van der Waals surface area contributed by atoms with Gasteiger partial charge in [-0.25, -0.2) is 0 Å². The molecule has 3 aliphatic rings. The first-order valence-electron chi connectivity index (χ1n) is 7.42. The molecular weight excluding hydrogens is 247 g/mol. The summed E-state index contributed by atoms with van der Waals surface area (Å²) in [6, 6.07) is 0. The van der Waals surface area contributed by atoms with E-state index in [1.54, 1.807) is 0 Å². The zero-order valence-electron chi connectivity index (χ0n) is 11.3. The highest BCUT2D eigenvalue weighted by Gasteiger charge is 2.61. The maximum absolute atomic E-state index is 5.87. The third-order valence-corrected chi connectivity index (χ3v) is 8.19. The van der Waals surface area contributed by atoms with E-state index in [1.165, 1.54) is 38.5 Å². The number of hydrogen-bond donors (Lipinski definition) is 1. The van der Waals surface area contributed by atoms with Crippen LogP contribution in [0.25, 0.3) is 0 Å². The van der Waals surface area contributed by atoms with Crippen LogP contribution in [0.4, 0.5) is 0 Å². The number of nitrogens with two attached hydrogens (primary N) is 1. The average molecular weight is 273 g/mol. The van der Waals surface area contributed by atoms with Gasteiger partial charge in [0.2, 0.25) is 0 Å². The Hall–Kier alpha value is 0.230. The lowest BCUT2D eigenvalue weighted by Gasteiger charge is -2.39. The molecule has 0 bridgehead atoms. The Balaban J connectivity index is 1.87. The zero-order chi connectivity index (χ0) is 12.4. The first-order chi connectivity index (χ1) is 8.88. The normalized spacial score (nSPS) is 28.5. The van der Waals surface area contributed by atoms with Gasteiger partial charge in [-0.1, -0.05) is 4.62 Å². The van der Waals surface area contributed by atoms with Crippen LogP contribution in [0.3, 0.4) is 0 Å². The molecule has 2 N–H and O–H groups in total. The van der Waals surface area contributed by atoms with Crippen molar-refractivity contribution in [1.29, 1.82) is 0 Å². The van der Waals surface area contributed by atoms with Crippen LogP contribution in [-0.2, 0) is 4.62 Å². The fourth-order valence-corrected chi connectivity index (χ4v) is 7.50. The largest absolute Gasteiger partial charge is 0.394 e. The van der Waals surface area contributed by atoms with Gasteiger partial charge in [0.15, 0.2) is 0 Å². The van der Waals surface area contributed by atoms with Crippen molar-refractivity contribution < 1.29 is 4.62 Å². The van der Waals surface area contributed by atoms with Gasteiger partial charge in [-0.2, -0.15) is 5.90 Å². The summed E-state index contributed by atoms with van der Waals surface area (Å²) in [4.78, 5) is 0. The van der Waals surface area contributed by atoms with Crippen LogP contribution < -0.4 is 5.90 Å². The molecule has 0 spiro atoms. The smallest absolute Gasteiger partial charge is 0.170 e. The molecule has 104 valence electrons. The van der Waals surface area contributed by atoms with E-state index in [1.807, 2.05) is 0 Å². The predicted octanol–water partition coefficient (Wildman–Crippen LogP) is 1.84. The van der Waals surface area contributed by atoms with Crippen LogP contribution >= 0.6 is 7.94 Å². The van der Waals surface area contributed by atoms with Gasteiger partial charge in [-0.05, 0) is 38.5 Å². The highest BCUT2D eigenvalue weighted by molar-refractivity contribution is 7.64. The molecule has 0 unspecified atom stereocenters. The van der Waals surface area contributed by atoms with Crippen LogP contribution in [0.2, 0.25) is 0 Å². The summed E-state index contributed by atoms with van der Waals surface area (Å²) >= 11 is 0. The zero-order valence-corrected chi connectivity index (χ0v) is 12.2. The quantitative estimate of drug-likeness (QED) is 0.625. The Morgan fingerprint density at radius 2 is 0.889 bits per heavy atom. The van der Waals surface area contributed by atoms with Crippen molar-refractivity contribution in [2.45, 2.75) is 38.5 Å². The molecule has 0 atom stereocenters. The van der Waals surface area contributed by atoms with Crippen LogP contribution in [0.1, 0.15) is 38.5 Å². The second kappa shape index (κ2) is 5.70. The minimum absolute atomic E-state index is 1.16. The average Bonchev–Trinajstić information content (AvgIpc) is 3.16. The summed E-state index contributed by atoms with van der Waals surface area (Å²) in [6.45, 7) is 6.99. The van der Waals surface area contributed by atoms with E-state index < -0.39 is 7.94 Å². The van der Waals surface area contributed by atoms with Crippen molar-refractivity contribution in [1.82, 2.24) is 14.0 Å². The molecular formula is C12H26N4OP+. The fourth-order valence-electron chi connectivity index (χ4n) is 3.62. The van der Waals surface area contributed by atoms with E-state index in [2.05, 4.69) is 14.0 Å². The highest BCUT2D eigenvalue weighted by atomic mass is 31.2. The molecule has 3 heterocycles. The lowest BCUT2D eigenvalue weighted by molar-refractivity contribution is 0.214. The molecule has 0 aromatic carbocycles. The second-order valence-electron chi connectivity index (χ2n) is 5.60. The molecule has 3 saturated heterocycles. The van der Waals surface area contributed by atoms with Crippen LogP contribution in [0.5, 0.6) is 0 Å². The van der Waals surface area contributed by atoms with Crippen molar-refractivity contribution in [3.63, 3.8) is 0 Å². The fraction of sp³-hybridized carbons (Fsp3) is 1.00. The van der Waals surface area contributed by atoms with Crippen molar-refractivity contribution >= 4 is 7.94 Å². The summed E-state index contributed by atoms with van der Waals surface area (Å²) in [7, 11) is -1.84. The first-order valence-corrected chi connectivity index (χ1v) is 8.98. The molecule has 0 amide bonds. The molecule has 3 fully saturated rings. The summed E-state index contributed by atoms with van der Waals surface area (Å²) in [5.41, 5.74) is 0. The lowest BCUT2D eigenvalue weighted by atomic mass is 10.4. The minimum Gasteiger partial charge on any atom is -0.170 e. The van der Waals surface area contributed by atoms with Gasteiger partial charge in [0.05, 0.1) is 0 Å². The monoisotopic (exact) mass is 273 g/mol. The van der Waals surface area contributed by atoms with E-state index in [9.17, 15) is 0 Å². The number of nitrogens with zero attached hydrogens (tertiary/aromatic N) is 3. The SMILES string of the molecule is NO[P+](N1CCCC1)(N1CCCC1)N1CCCC1. The lowest BCUT2D eigenvalue weighted by Crippen LogP contribution is -2.44. The maximum atomic E-state index is 5.87. The summed E-state index contributed by atoms with van der Waals surface area (Å²) < 4.78 is 13.5. The van der Waals surface area contributed by atoms with Gasteiger partial charge >= 0.3 is 7.94 Å². The standard InChI is InChI=1S/C12H26N4OP/c13-17-18(14-7-1-2-8-14,15-9-3-4-10-15)16-11-5-6-12-16/h1-13H2/q+1. The topological polar surface area (TPSA) is 45.0 Å². The van der Waals surface area contributed by atoms with Crippen LogP contribution in [-0.4, -0.2) is 53.3 Å². The van der Waals surface area contributed by atoms with Gasteiger partial charge in [-0.15, -0.1) is 14.0 Å². The van der Waals surface area contributed by atoms with Crippen LogP contribution in [0.15, 0.2) is 0 Å². The van der Waals surface area contributed by atoms with E-state index in [0.29, 0.717) is 0 Å². The third kappa shape index (κ3) is 2.11. The van der Waals surface area contributed by atoms with Crippen molar-refractivity contribution in [2.24, 2.45) is 5.90 Å². The molecule has 3 aliphatic heterocycles. The molecule has 5 nitrogen and oxygen atoms in total. The van der Waals surface area contributed by atoms with Crippen LogP contribution in [0, 0.1) is 0 Å². The Bertz CT molecular complexity index is 232. The molecule has 0 aromatic heterocycles. The van der Waals surface area contributed by atoms with Gasteiger partial charge in [-0.3, -0.25) is 0 Å². The number of rotatable bonds is 4. The summed E-state index contributed by atoms with van der Waals surface area (Å²) in [5.74, 6) is 5.87. The summed E-state index contributed by atoms with van der Waals surface area (Å²) in [5, 5.41) is 0. The minimum atomic E-state index is -1.84. The second-order valence-corrected chi connectivity index (χ2v) is 8.54. The van der Waals surface area contributed by atoms with Crippen molar-refractivity contribution in [3.8, 4) is 0 Å². The molecule has 3 rings (SSSR count). The van der Waals surface area contributed by atoms with Gasteiger partial charge in [0.1, 0.15) is 0 Å². The molecule has 6 heteroatoms. The van der Waals surface area contributed by atoms with Gasteiger partial charge in [0.25, 0.3) is 0 Å². The Morgan fingerprint density at radius 1 is 0.611 bits per heavy atom. The van der Waals surface area contributed by atoms with E-state index in [-0.39, 0.29) is 0 Å². The Labute approximate surface area is 111 Å². The molecule has 0 saturated carbocycles. The maximum Gasteiger partial charge on any atom is 0.394 e. The van der Waals surface area contributed by atoms with E-state index in [0.717, 1.165) is 39.3 Å². The Morgan fingerprint density at radius 3 is 1.11 bits per heavy atom. The molecule has 0 aliphatic carbocycles. The highest BCUT2D eigenvalue weighted by Crippen LogP contribution is 2.69. The van der Waals surface area contributed by atoms with Gasteiger partial charge < -0.3 is 0 Å². The first kappa shape index (κ1) is 13.2. The molecule has 0 radical (unpaired) electrons. The van der Waals surface area contributed by atoms with E-state index >= 15 is 0 Å². The summed E-state index contributed by atoms with van der Waals surface area (Å²) in [6.07, 6.45) is 7.79. The van der Waals surface area contributed by atoms with E-state index in [4.69, 9.17) is 10.5 Å². The molecule has 0 aromatic rings. The predicted molar refractivity (Wildman–Crippen MR) is 74.6 cm³/mol. The van der Waals surface area contributed by atoms with Crippen molar-refractivity contribution in [3.05, 3.63) is 0 Å². The number of hydrogen-bond acceptors (Lipinski definition) is 5. The van der Waals surface area contributed by atoms with Crippen molar-refractivity contribution in [2.75, 3.05) is 39.3 Å². The molecule has 18 heavy (non-hydrogen) atoms. The third-order valence-electron chi connectivity index (χ3n) is 4.49. The Kier molecular flexibility index (Phi) is 4.18.